The Morgan fingerprint density at radius 1 is 1.44 bits per heavy atom. The van der Waals surface area contributed by atoms with Crippen LogP contribution in [0.2, 0.25) is 5.02 Å². The van der Waals surface area contributed by atoms with E-state index < -0.39 is 5.41 Å². The maximum atomic E-state index is 11.6. The van der Waals surface area contributed by atoms with Crippen molar-refractivity contribution in [2.45, 2.75) is 13.8 Å². The lowest BCUT2D eigenvalue weighted by molar-refractivity contribution is -0.126. The summed E-state index contributed by atoms with van der Waals surface area (Å²) in [6.45, 7) is 3.36. The lowest BCUT2D eigenvalue weighted by Crippen LogP contribution is -2.27. The predicted octanol–water partition coefficient (Wildman–Crippen LogP) is 2.95. The second kappa shape index (κ2) is 5.05. The molecule has 0 aliphatic heterocycles. The standard InChI is InChI=1S/C13H13ClO2/c1-4-13(2,3)12(15)9-16-11-7-5-10(14)6-8-11/h1,5-8H,9H2,2-3H3. The van der Waals surface area contributed by atoms with Crippen molar-refractivity contribution in [3.05, 3.63) is 29.3 Å². The van der Waals surface area contributed by atoms with Gasteiger partial charge in [-0.25, -0.2) is 0 Å². The summed E-state index contributed by atoms with van der Waals surface area (Å²) in [5.74, 6) is 2.92. The third-order valence-corrected chi connectivity index (χ3v) is 2.49. The Morgan fingerprint density at radius 2 is 2.00 bits per heavy atom. The highest BCUT2D eigenvalue weighted by Gasteiger charge is 2.24. The Morgan fingerprint density at radius 3 is 2.50 bits per heavy atom. The molecule has 0 aromatic heterocycles. The van der Waals surface area contributed by atoms with E-state index in [1.54, 1.807) is 38.1 Å². The number of hydrogen-bond donors (Lipinski definition) is 0. The molecule has 0 spiro atoms. The molecule has 0 bridgehead atoms. The molecular formula is C13H13ClO2. The minimum atomic E-state index is -0.785. The van der Waals surface area contributed by atoms with Gasteiger partial charge >= 0.3 is 0 Å². The molecule has 0 fully saturated rings. The molecule has 1 aromatic rings. The summed E-state index contributed by atoms with van der Waals surface area (Å²) in [7, 11) is 0. The van der Waals surface area contributed by atoms with Gasteiger partial charge in [0, 0.05) is 5.02 Å². The van der Waals surface area contributed by atoms with Gasteiger partial charge in [0.15, 0.2) is 5.78 Å². The van der Waals surface area contributed by atoms with Gasteiger partial charge in [0.2, 0.25) is 0 Å². The average molecular weight is 237 g/mol. The molecule has 0 aliphatic rings. The van der Waals surface area contributed by atoms with Gasteiger partial charge < -0.3 is 4.74 Å². The van der Waals surface area contributed by atoms with Gasteiger partial charge in [0.05, 0.1) is 5.41 Å². The highest BCUT2D eigenvalue weighted by Crippen LogP contribution is 2.18. The molecular weight excluding hydrogens is 224 g/mol. The number of carbonyl (C=O) groups excluding carboxylic acids is 1. The van der Waals surface area contributed by atoms with Crippen LogP contribution in [0, 0.1) is 17.8 Å². The second-order valence-corrected chi connectivity index (χ2v) is 4.37. The monoisotopic (exact) mass is 236 g/mol. The van der Waals surface area contributed by atoms with E-state index in [4.69, 9.17) is 22.8 Å². The maximum Gasteiger partial charge on any atom is 0.187 e. The van der Waals surface area contributed by atoms with E-state index in [1.165, 1.54) is 0 Å². The molecule has 3 heteroatoms. The fourth-order valence-corrected chi connectivity index (χ4v) is 1.07. The second-order valence-electron chi connectivity index (χ2n) is 3.94. The number of halogens is 1. The quantitative estimate of drug-likeness (QED) is 0.752. The number of Topliss-reactive ketones (excluding diaryl/α,β-unsaturated/α-hetero) is 1. The van der Waals surface area contributed by atoms with Crippen LogP contribution in [-0.2, 0) is 4.79 Å². The third kappa shape index (κ3) is 3.29. The van der Waals surface area contributed by atoms with Crippen LogP contribution in [0.15, 0.2) is 24.3 Å². The van der Waals surface area contributed by atoms with E-state index >= 15 is 0 Å². The molecule has 1 rings (SSSR count). The number of rotatable bonds is 4. The van der Waals surface area contributed by atoms with Crippen LogP contribution in [0.3, 0.4) is 0 Å². The number of ether oxygens (including phenoxy) is 1. The van der Waals surface area contributed by atoms with E-state index in [1.807, 2.05) is 0 Å². The Hall–Kier alpha value is -1.46. The van der Waals surface area contributed by atoms with Crippen LogP contribution >= 0.6 is 11.6 Å². The molecule has 0 N–H and O–H groups in total. The van der Waals surface area contributed by atoms with Crippen molar-refractivity contribution in [3.63, 3.8) is 0 Å². The van der Waals surface area contributed by atoms with Gasteiger partial charge in [-0.05, 0) is 38.1 Å². The number of ketones is 1. The molecule has 16 heavy (non-hydrogen) atoms. The largest absolute Gasteiger partial charge is 0.486 e. The molecule has 0 saturated carbocycles. The van der Waals surface area contributed by atoms with Crippen LogP contribution in [0.1, 0.15) is 13.8 Å². The molecule has 2 nitrogen and oxygen atoms in total. The third-order valence-electron chi connectivity index (χ3n) is 2.24. The van der Waals surface area contributed by atoms with E-state index in [0.717, 1.165) is 0 Å². The summed E-state index contributed by atoms with van der Waals surface area (Å²) < 4.78 is 5.31. The summed E-state index contributed by atoms with van der Waals surface area (Å²) in [6, 6.07) is 6.82. The van der Waals surface area contributed by atoms with Gasteiger partial charge in [0.1, 0.15) is 12.4 Å². The van der Waals surface area contributed by atoms with E-state index in [2.05, 4.69) is 5.92 Å². The van der Waals surface area contributed by atoms with Crippen molar-refractivity contribution >= 4 is 17.4 Å². The Bertz CT molecular complexity index is 413. The highest BCUT2D eigenvalue weighted by molar-refractivity contribution is 6.30. The zero-order valence-corrected chi connectivity index (χ0v) is 10.0. The summed E-state index contributed by atoms with van der Waals surface area (Å²) in [6.07, 6.45) is 5.25. The highest BCUT2D eigenvalue weighted by atomic mass is 35.5. The fraction of sp³-hybridized carbons (Fsp3) is 0.308. The maximum absolute atomic E-state index is 11.6. The zero-order chi connectivity index (χ0) is 12.2. The zero-order valence-electron chi connectivity index (χ0n) is 9.29. The van der Waals surface area contributed by atoms with Crippen molar-refractivity contribution in [1.29, 1.82) is 0 Å². The number of benzene rings is 1. The summed E-state index contributed by atoms with van der Waals surface area (Å²) in [5.41, 5.74) is -0.785. The first-order valence-corrected chi connectivity index (χ1v) is 5.23. The molecule has 0 unspecified atom stereocenters. The van der Waals surface area contributed by atoms with Crippen molar-refractivity contribution in [3.8, 4) is 18.1 Å². The van der Waals surface area contributed by atoms with E-state index in [0.29, 0.717) is 10.8 Å². The topological polar surface area (TPSA) is 26.3 Å². The Labute approximate surface area is 101 Å². The number of terminal acetylenes is 1. The van der Waals surface area contributed by atoms with Gasteiger partial charge in [-0.1, -0.05) is 17.5 Å². The molecule has 0 heterocycles. The van der Waals surface area contributed by atoms with Crippen molar-refractivity contribution in [2.75, 3.05) is 6.61 Å². The van der Waals surface area contributed by atoms with E-state index in [-0.39, 0.29) is 12.4 Å². The normalized spacial score (nSPS) is 10.6. The first-order chi connectivity index (χ1) is 7.45. The average Bonchev–Trinajstić information content (AvgIpc) is 2.28. The predicted molar refractivity (Wildman–Crippen MR) is 64.6 cm³/mol. The first kappa shape index (κ1) is 12.6. The Balaban J connectivity index is 2.56. The van der Waals surface area contributed by atoms with E-state index in [9.17, 15) is 4.79 Å². The summed E-state index contributed by atoms with van der Waals surface area (Å²) in [5, 5.41) is 0.627. The van der Waals surface area contributed by atoms with Gasteiger partial charge in [0.25, 0.3) is 0 Å². The van der Waals surface area contributed by atoms with Gasteiger partial charge in [-0.15, -0.1) is 6.42 Å². The molecule has 84 valence electrons. The molecule has 1 aromatic carbocycles. The van der Waals surface area contributed by atoms with Gasteiger partial charge in [-0.2, -0.15) is 0 Å². The van der Waals surface area contributed by atoms with Crippen LogP contribution in [-0.4, -0.2) is 12.4 Å². The van der Waals surface area contributed by atoms with Crippen LogP contribution in [0.4, 0.5) is 0 Å². The molecule has 0 amide bonds. The fourth-order valence-electron chi connectivity index (χ4n) is 0.941. The summed E-state index contributed by atoms with van der Waals surface area (Å²) >= 11 is 5.72. The van der Waals surface area contributed by atoms with Crippen LogP contribution in [0.25, 0.3) is 0 Å². The molecule has 0 atom stereocenters. The SMILES string of the molecule is C#CC(C)(C)C(=O)COc1ccc(Cl)cc1. The van der Waals surface area contributed by atoms with Gasteiger partial charge in [-0.3, -0.25) is 4.79 Å². The smallest absolute Gasteiger partial charge is 0.187 e. The lowest BCUT2D eigenvalue weighted by atomic mass is 9.90. The number of hydrogen-bond acceptors (Lipinski definition) is 2. The number of carbonyl (C=O) groups is 1. The molecule has 0 aliphatic carbocycles. The van der Waals surface area contributed by atoms with Crippen LogP contribution < -0.4 is 4.74 Å². The summed E-state index contributed by atoms with van der Waals surface area (Å²) in [4.78, 5) is 11.6. The minimum Gasteiger partial charge on any atom is -0.486 e. The molecule has 0 saturated heterocycles. The van der Waals surface area contributed by atoms with Crippen molar-refractivity contribution in [1.82, 2.24) is 0 Å². The molecule has 0 radical (unpaired) electrons. The lowest BCUT2D eigenvalue weighted by Gasteiger charge is -2.15. The van der Waals surface area contributed by atoms with Crippen molar-refractivity contribution in [2.24, 2.45) is 5.41 Å². The Kier molecular flexibility index (Phi) is 3.98. The van der Waals surface area contributed by atoms with Crippen LogP contribution in [0.5, 0.6) is 5.75 Å². The first-order valence-electron chi connectivity index (χ1n) is 4.85. The van der Waals surface area contributed by atoms with Crippen molar-refractivity contribution < 1.29 is 9.53 Å². The minimum absolute atomic E-state index is 0.0289.